The molecule has 0 bridgehead atoms. The number of nitrogens with one attached hydrogen (secondary N) is 1. The van der Waals surface area contributed by atoms with E-state index in [-0.39, 0.29) is 5.82 Å². The van der Waals surface area contributed by atoms with E-state index in [9.17, 15) is 4.39 Å². The molecule has 1 N–H and O–H groups in total. The van der Waals surface area contributed by atoms with Gasteiger partial charge in [0.25, 0.3) is 0 Å². The number of hydrogen-bond acceptors (Lipinski definition) is 1. The van der Waals surface area contributed by atoms with Crippen LogP contribution in [-0.2, 0) is 6.54 Å². The first-order chi connectivity index (χ1) is 6.37. The Labute approximate surface area is 85.6 Å². The summed E-state index contributed by atoms with van der Waals surface area (Å²) >= 11 is 0. The van der Waals surface area contributed by atoms with Crippen LogP contribution < -0.4 is 4.72 Å². The smallest absolute Gasteiger partial charge is 0.123 e. The van der Waals surface area contributed by atoms with Gasteiger partial charge in [-0.25, -0.2) is 4.39 Å². The molecule has 1 aromatic rings. The fraction of sp³-hybridized carbons (Fsp3) is 0.273. The van der Waals surface area contributed by atoms with Gasteiger partial charge >= 0.3 is 0 Å². The molecule has 0 saturated carbocycles. The van der Waals surface area contributed by atoms with Crippen molar-refractivity contribution in [3.05, 3.63) is 35.1 Å². The van der Waals surface area contributed by atoms with Crippen LogP contribution in [0, 0.1) is 12.7 Å². The minimum Gasteiger partial charge on any atom is -0.271 e. The van der Waals surface area contributed by atoms with Crippen LogP contribution in [0.2, 0.25) is 0 Å². The second-order valence-corrected chi connectivity index (χ2v) is 6.57. The Bertz CT molecular complexity index is 401. The molecule has 1 nitrogen and oxygen atoms in total. The molecule has 1 rings (SSSR count). The zero-order valence-corrected chi connectivity index (χ0v) is 9.46. The largest absolute Gasteiger partial charge is 0.271 e. The first-order valence-electron chi connectivity index (χ1n) is 4.32. The molecule has 0 spiro atoms. The lowest BCUT2D eigenvalue weighted by atomic mass is 10.1. The van der Waals surface area contributed by atoms with E-state index in [1.54, 1.807) is 0 Å². The number of halogens is 1. The molecule has 0 aliphatic rings. The Morgan fingerprint density at radius 3 is 2.50 bits per heavy atom. The van der Waals surface area contributed by atoms with Crippen LogP contribution in [0.3, 0.4) is 0 Å². The Kier molecular flexibility index (Phi) is 3.34. The van der Waals surface area contributed by atoms with E-state index in [4.69, 9.17) is 0 Å². The number of aryl methyl sites for hydroxylation is 1. The monoisotopic (exact) mass is 213 g/mol. The second kappa shape index (κ2) is 4.15. The third-order valence-electron chi connectivity index (χ3n) is 1.73. The van der Waals surface area contributed by atoms with Crippen molar-refractivity contribution >= 4 is 21.1 Å². The van der Waals surface area contributed by atoms with Gasteiger partial charge in [-0.2, -0.15) is 9.39 Å². The van der Waals surface area contributed by atoms with Gasteiger partial charge in [0, 0.05) is 6.54 Å². The summed E-state index contributed by atoms with van der Waals surface area (Å²) in [6.07, 6.45) is 1.96. The van der Waals surface area contributed by atoms with Crippen LogP contribution in [0.1, 0.15) is 11.1 Å². The highest BCUT2D eigenvalue weighted by Gasteiger charge is 1.98. The lowest BCUT2D eigenvalue weighted by molar-refractivity contribution is 0.623. The summed E-state index contributed by atoms with van der Waals surface area (Å²) in [5, 5.41) is 0. The zero-order valence-electron chi connectivity index (χ0n) is 8.64. The average molecular weight is 213 g/mol. The maximum absolute atomic E-state index is 13.0. The van der Waals surface area contributed by atoms with Gasteiger partial charge in [0.2, 0.25) is 0 Å². The van der Waals surface area contributed by atoms with Crippen molar-refractivity contribution in [1.29, 1.82) is 0 Å². The Morgan fingerprint density at radius 2 is 2.00 bits per heavy atom. The van der Waals surface area contributed by atoms with Crippen molar-refractivity contribution in [2.75, 3.05) is 6.26 Å². The maximum atomic E-state index is 13.0. The Balaban J connectivity index is 2.78. The van der Waals surface area contributed by atoms with Crippen molar-refractivity contribution in [1.82, 2.24) is 4.72 Å². The van der Waals surface area contributed by atoms with Crippen LogP contribution in [-0.4, -0.2) is 18.0 Å². The van der Waals surface area contributed by atoms with Crippen molar-refractivity contribution in [2.45, 2.75) is 13.5 Å². The third kappa shape index (κ3) is 3.94. The predicted octanol–water partition coefficient (Wildman–Crippen LogP) is 2.44. The summed E-state index contributed by atoms with van der Waals surface area (Å²) in [7, 11) is -1.22. The molecule has 1 aromatic carbocycles. The zero-order chi connectivity index (χ0) is 10.8. The van der Waals surface area contributed by atoms with E-state index >= 15 is 0 Å². The van der Waals surface area contributed by atoms with Crippen molar-refractivity contribution in [2.24, 2.45) is 0 Å². The van der Waals surface area contributed by atoms with Crippen molar-refractivity contribution in [3.8, 4) is 0 Å². The van der Waals surface area contributed by atoms with Crippen LogP contribution >= 0.6 is 9.39 Å². The summed E-state index contributed by atoms with van der Waals surface area (Å²) in [6, 6.07) is 5.01. The average Bonchev–Trinajstić information content (AvgIpc) is 1.97. The second-order valence-electron chi connectivity index (χ2n) is 3.73. The van der Waals surface area contributed by atoms with E-state index in [1.807, 2.05) is 19.2 Å². The highest BCUT2D eigenvalue weighted by molar-refractivity contribution is 8.25. The standard InChI is InChI=1S/C11H16FNS/c1-9-5-10(7-11(12)6-9)8-13-14(2,3)4/h5-7,13H,2-3,8H2,1,4H3. The molecule has 3 heteroatoms. The molecular formula is C11H16FNS. The molecule has 0 amide bonds. The SMILES string of the molecule is C=S(=C)(C)NCc1cc(C)cc(F)c1. The fourth-order valence-corrected chi connectivity index (χ4v) is 1.69. The minimum atomic E-state index is -1.22. The van der Waals surface area contributed by atoms with Gasteiger partial charge in [-0.1, -0.05) is 17.8 Å². The fourth-order valence-electron chi connectivity index (χ4n) is 1.17. The molecule has 0 unspecified atom stereocenters. The predicted molar refractivity (Wildman–Crippen MR) is 65.7 cm³/mol. The molecule has 0 heterocycles. The quantitative estimate of drug-likeness (QED) is 0.760. The lowest BCUT2D eigenvalue weighted by Crippen LogP contribution is -2.08. The summed E-state index contributed by atoms with van der Waals surface area (Å²) in [5.74, 6) is 7.61. The van der Waals surface area contributed by atoms with Gasteiger partial charge in [-0.15, -0.1) is 0 Å². The molecule has 0 aliphatic carbocycles. The molecule has 0 fully saturated rings. The molecule has 78 valence electrons. The van der Waals surface area contributed by atoms with Gasteiger partial charge in [-0.05, 0) is 36.4 Å². The summed E-state index contributed by atoms with van der Waals surface area (Å²) in [6.45, 7) is 2.50. The maximum Gasteiger partial charge on any atom is 0.123 e. The van der Waals surface area contributed by atoms with Crippen molar-refractivity contribution in [3.63, 3.8) is 0 Å². The highest BCUT2D eigenvalue weighted by Crippen LogP contribution is 2.11. The van der Waals surface area contributed by atoms with E-state index in [0.717, 1.165) is 11.1 Å². The molecule has 0 atom stereocenters. The van der Waals surface area contributed by atoms with Gasteiger partial charge in [-0.3, -0.25) is 4.72 Å². The topological polar surface area (TPSA) is 12.0 Å². The molecule has 14 heavy (non-hydrogen) atoms. The van der Waals surface area contributed by atoms with E-state index in [1.165, 1.54) is 12.1 Å². The van der Waals surface area contributed by atoms with Gasteiger partial charge in [0.1, 0.15) is 5.82 Å². The molecule has 0 radical (unpaired) electrons. The normalized spacial score (nSPS) is 11.6. The van der Waals surface area contributed by atoms with Crippen LogP contribution in [0.5, 0.6) is 0 Å². The summed E-state index contributed by atoms with van der Waals surface area (Å²) in [4.78, 5) is 0. The van der Waals surface area contributed by atoms with E-state index in [0.29, 0.717) is 6.54 Å². The number of benzene rings is 1. The number of hydrogen-bond donors (Lipinski definition) is 1. The molecule has 0 aromatic heterocycles. The van der Waals surface area contributed by atoms with E-state index < -0.39 is 9.39 Å². The highest BCUT2D eigenvalue weighted by atomic mass is 32.2. The lowest BCUT2D eigenvalue weighted by Gasteiger charge is -2.10. The minimum absolute atomic E-state index is 0.188. The first-order valence-corrected chi connectivity index (χ1v) is 6.70. The summed E-state index contributed by atoms with van der Waals surface area (Å²) in [5.41, 5.74) is 1.88. The Morgan fingerprint density at radius 1 is 1.36 bits per heavy atom. The molecule has 0 aliphatic heterocycles. The van der Waals surface area contributed by atoms with Crippen LogP contribution in [0.25, 0.3) is 0 Å². The van der Waals surface area contributed by atoms with Crippen LogP contribution in [0.4, 0.5) is 4.39 Å². The van der Waals surface area contributed by atoms with Gasteiger partial charge < -0.3 is 0 Å². The van der Waals surface area contributed by atoms with Crippen molar-refractivity contribution < 1.29 is 4.39 Å². The third-order valence-corrected chi connectivity index (χ3v) is 2.57. The Hall–Kier alpha value is -0.800. The molecular weight excluding hydrogens is 197 g/mol. The van der Waals surface area contributed by atoms with Gasteiger partial charge in [0.05, 0.1) is 0 Å². The molecule has 0 saturated heterocycles. The summed E-state index contributed by atoms with van der Waals surface area (Å²) < 4.78 is 16.2. The number of rotatable bonds is 3. The van der Waals surface area contributed by atoms with Gasteiger partial charge in [0.15, 0.2) is 0 Å². The van der Waals surface area contributed by atoms with Crippen LogP contribution in [0.15, 0.2) is 18.2 Å². The van der Waals surface area contributed by atoms with E-state index in [2.05, 4.69) is 16.5 Å². The first kappa shape index (κ1) is 11.3.